The lowest BCUT2D eigenvalue weighted by Gasteiger charge is -2.35. The Morgan fingerprint density at radius 1 is 0.891 bits per heavy atom. The quantitative estimate of drug-likeness (QED) is 0.181. The van der Waals surface area contributed by atoms with Crippen LogP contribution < -0.4 is 9.62 Å². The number of hydrogen-bond donors (Lipinski definition) is 1. The van der Waals surface area contributed by atoms with Gasteiger partial charge in [0.05, 0.1) is 10.6 Å². The van der Waals surface area contributed by atoms with Gasteiger partial charge in [-0.1, -0.05) is 77.3 Å². The molecular weight excluding hydrogens is 648 g/mol. The topological polar surface area (TPSA) is 86.8 Å². The molecule has 242 valence electrons. The van der Waals surface area contributed by atoms with E-state index in [4.69, 9.17) is 23.2 Å². The molecule has 0 saturated carbocycles. The Morgan fingerprint density at radius 3 is 2.11 bits per heavy atom. The maximum Gasteiger partial charge on any atom is 0.264 e. The highest BCUT2D eigenvalue weighted by Gasteiger charge is 2.36. The average molecular weight is 685 g/mol. The molecule has 0 aromatic heterocycles. The van der Waals surface area contributed by atoms with E-state index in [9.17, 15) is 22.4 Å². The Bertz CT molecular complexity index is 1780. The number of carbonyl (C=O) groups is 2. The van der Waals surface area contributed by atoms with Crippen LogP contribution in [0.2, 0.25) is 10.0 Å². The Kier molecular flexibility index (Phi) is 11.1. The third-order valence-corrected chi connectivity index (χ3v) is 9.50. The third kappa shape index (κ3) is 9.09. The van der Waals surface area contributed by atoms with Gasteiger partial charge in [0.2, 0.25) is 11.8 Å². The number of hydrogen-bond acceptors (Lipinski definition) is 4. The number of rotatable bonds is 11. The van der Waals surface area contributed by atoms with Gasteiger partial charge in [-0.2, -0.15) is 0 Å². The smallest absolute Gasteiger partial charge is 0.264 e. The van der Waals surface area contributed by atoms with E-state index in [2.05, 4.69) is 5.32 Å². The number of anilines is 1. The zero-order chi connectivity index (χ0) is 33.6. The molecule has 4 aromatic carbocycles. The maximum atomic E-state index is 14.5. The first kappa shape index (κ1) is 34.9. The molecule has 4 aromatic rings. The van der Waals surface area contributed by atoms with E-state index in [1.165, 1.54) is 4.90 Å². The van der Waals surface area contributed by atoms with Crippen LogP contribution in [-0.2, 0) is 32.6 Å². The van der Waals surface area contributed by atoms with Crippen LogP contribution in [-0.4, -0.2) is 43.3 Å². The van der Waals surface area contributed by atoms with Gasteiger partial charge in [-0.05, 0) is 87.4 Å². The molecule has 0 unspecified atom stereocenters. The second kappa shape index (κ2) is 14.7. The van der Waals surface area contributed by atoms with Crippen molar-refractivity contribution in [3.8, 4) is 0 Å². The van der Waals surface area contributed by atoms with Gasteiger partial charge in [0.15, 0.2) is 0 Å². The molecule has 4 rings (SSSR count). The van der Waals surface area contributed by atoms with Crippen molar-refractivity contribution in [1.82, 2.24) is 10.2 Å². The van der Waals surface area contributed by atoms with Crippen LogP contribution >= 0.6 is 23.2 Å². The molecule has 0 bridgehead atoms. The number of nitrogens with one attached hydrogen (secondary N) is 1. The molecule has 0 saturated heterocycles. The van der Waals surface area contributed by atoms with Crippen LogP contribution in [0.3, 0.4) is 0 Å². The summed E-state index contributed by atoms with van der Waals surface area (Å²) in [6.45, 7) is 6.60. The number of nitrogens with zero attached hydrogens (tertiary/aromatic N) is 2. The molecule has 11 heteroatoms. The summed E-state index contributed by atoms with van der Waals surface area (Å²) in [6, 6.07) is 24.1. The number of sulfonamides is 1. The van der Waals surface area contributed by atoms with E-state index in [-0.39, 0.29) is 28.6 Å². The zero-order valence-electron chi connectivity index (χ0n) is 26.0. The van der Waals surface area contributed by atoms with Gasteiger partial charge < -0.3 is 10.2 Å². The highest BCUT2D eigenvalue weighted by molar-refractivity contribution is 7.92. The molecule has 0 radical (unpaired) electrons. The number of benzene rings is 4. The van der Waals surface area contributed by atoms with E-state index in [1.54, 1.807) is 42.5 Å². The summed E-state index contributed by atoms with van der Waals surface area (Å²) in [5, 5.41) is 3.67. The van der Waals surface area contributed by atoms with E-state index >= 15 is 0 Å². The lowest BCUT2D eigenvalue weighted by molar-refractivity contribution is -0.140. The lowest BCUT2D eigenvalue weighted by Crippen LogP contribution is -2.56. The van der Waals surface area contributed by atoms with Crippen LogP contribution in [0.15, 0.2) is 102 Å². The number of carbonyl (C=O) groups excluding carboxylic acids is 2. The Labute approximate surface area is 280 Å². The van der Waals surface area contributed by atoms with Gasteiger partial charge in [0.1, 0.15) is 18.4 Å². The van der Waals surface area contributed by atoms with E-state index < -0.39 is 45.8 Å². The van der Waals surface area contributed by atoms with Crippen molar-refractivity contribution in [2.24, 2.45) is 0 Å². The van der Waals surface area contributed by atoms with Gasteiger partial charge in [0, 0.05) is 28.5 Å². The van der Waals surface area contributed by atoms with Gasteiger partial charge in [-0.25, -0.2) is 12.8 Å². The molecule has 0 aliphatic rings. The summed E-state index contributed by atoms with van der Waals surface area (Å²) in [5.74, 6) is -1.67. The number of amides is 2. The van der Waals surface area contributed by atoms with E-state index in [0.717, 1.165) is 39.7 Å². The van der Waals surface area contributed by atoms with Crippen molar-refractivity contribution < 1.29 is 22.4 Å². The Balaban J connectivity index is 1.83. The van der Waals surface area contributed by atoms with Crippen LogP contribution in [0.1, 0.15) is 37.5 Å². The molecule has 7 nitrogen and oxygen atoms in total. The SMILES string of the molecule is Cc1ccc(N(CC(=O)N(Cc2ccc(Cl)cc2Cl)[C@H](Cc2ccccc2)C(=O)NC(C)(C)C)S(=O)(=O)c2ccc(F)cc2)cc1. The molecule has 0 heterocycles. The first-order valence-corrected chi connectivity index (χ1v) is 16.8. The van der Waals surface area contributed by atoms with Crippen molar-refractivity contribution in [2.45, 2.75) is 57.1 Å². The molecule has 46 heavy (non-hydrogen) atoms. The van der Waals surface area contributed by atoms with Crippen LogP contribution in [0.5, 0.6) is 0 Å². The first-order chi connectivity index (χ1) is 21.6. The first-order valence-electron chi connectivity index (χ1n) is 14.6. The van der Waals surface area contributed by atoms with Crippen LogP contribution in [0.4, 0.5) is 10.1 Å². The minimum atomic E-state index is -4.36. The zero-order valence-corrected chi connectivity index (χ0v) is 28.3. The Morgan fingerprint density at radius 2 is 1.52 bits per heavy atom. The largest absolute Gasteiger partial charge is 0.350 e. The molecule has 0 aliphatic carbocycles. The van der Waals surface area contributed by atoms with Crippen LogP contribution in [0, 0.1) is 12.7 Å². The fraction of sp³-hybridized carbons (Fsp3) is 0.257. The fourth-order valence-electron chi connectivity index (χ4n) is 4.81. The molecule has 2 amide bonds. The lowest BCUT2D eigenvalue weighted by atomic mass is 10.0. The molecule has 0 fully saturated rings. The monoisotopic (exact) mass is 683 g/mol. The van der Waals surface area contributed by atoms with Crippen molar-refractivity contribution in [1.29, 1.82) is 0 Å². The predicted octanol–water partition coefficient (Wildman–Crippen LogP) is 7.19. The minimum absolute atomic E-state index is 0.109. The highest BCUT2D eigenvalue weighted by atomic mass is 35.5. The average Bonchev–Trinajstić information content (AvgIpc) is 2.99. The Hall–Kier alpha value is -3.92. The predicted molar refractivity (Wildman–Crippen MR) is 181 cm³/mol. The summed E-state index contributed by atoms with van der Waals surface area (Å²) in [7, 11) is -4.36. The summed E-state index contributed by atoms with van der Waals surface area (Å²) >= 11 is 12.7. The van der Waals surface area contributed by atoms with Crippen molar-refractivity contribution in [3.05, 3.63) is 130 Å². The third-order valence-electron chi connectivity index (χ3n) is 7.13. The second-order valence-electron chi connectivity index (χ2n) is 12.0. The normalized spacial score (nSPS) is 12.3. The molecule has 1 N–H and O–H groups in total. The summed E-state index contributed by atoms with van der Waals surface area (Å²) in [6.07, 6.45) is 0.148. The van der Waals surface area contributed by atoms with Gasteiger partial charge in [-0.3, -0.25) is 13.9 Å². The van der Waals surface area contributed by atoms with Crippen molar-refractivity contribution >= 4 is 50.7 Å². The van der Waals surface area contributed by atoms with Crippen LogP contribution in [0.25, 0.3) is 0 Å². The van der Waals surface area contributed by atoms with E-state index in [0.29, 0.717) is 10.6 Å². The van der Waals surface area contributed by atoms with E-state index in [1.807, 2.05) is 58.0 Å². The van der Waals surface area contributed by atoms with Gasteiger partial charge in [-0.15, -0.1) is 0 Å². The summed E-state index contributed by atoms with van der Waals surface area (Å²) in [5.41, 5.74) is 1.80. The van der Waals surface area contributed by atoms with Crippen molar-refractivity contribution in [2.75, 3.05) is 10.8 Å². The summed E-state index contributed by atoms with van der Waals surface area (Å²) < 4.78 is 42.8. The van der Waals surface area contributed by atoms with Gasteiger partial charge >= 0.3 is 0 Å². The molecule has 0 aliphatic heterocycles. The number of halogens is 3. The van der Waals surface area contributed by atoms with Crippen molar-refractivity contribution in [3.63, 3.8) is 0 Å². The minimum Gasteiger partial charge on any atom is -0.350 e. The second-order valence-corrected chi connectivity index (χ2v) is 14.7. The van der Waals surface area contributed by atoms with Gasteiger partial charge in [0.25, 0.3) is 10.0 Å². The molecule has 0 spiro atoms. The highest BCUT2D eigenvalue weighted by Crippen LogP contribution is 2.28. The standard InChI is InChI=1S/C35H36Cl2FN3O4S/c1-24-10-16-29(17-11-24)41(46(44,45)30-18-14-28(38)15-19-30)23-33(42)40(22-26-12-13-27(36)21-31(26)37)32(34(43)39-35(2,3)4)20-25-8-6-5-7-9-25/h5-19,21,32H,20,22-23H2,1-4H3,(H,39,43)/t32-/m1/s1. The summed E-state index contributed by atoms with van der Waals surface area (Å²) in [4.78, 5) is 29.6. The molecule has 1 atom stereocenters. The molecular formula is C35H36Cl2FN3O4S. The fourth-order valence-corrected chi connectivity index (χ4v) is 6.70. The number of aryl methyl sites for hydroxylation is 1. The maximum absolute atomic E-state index is 14.5.